The van der Waals surface area contributed by atoms with Gasteiger partial charge in [-0.25, -0.2) is 15.0 Å². The van der Waals surface area contributed by atoms with Crippen LogP contribution in [0.5, 0.6) is 0 Å². The summed E-state index contributed by atoms with van der Waals surface area (Å²) < 4.78 is 1.71. The molecule has 0 spiro atoms. The van der Waals surface area contributed by atoms with Crippen molar-refractivity contribution in [3.05, 3.63) is 82.9 Å². The van der Waals surface area contributed by atoms with Crippen molar-refractivity contribution in [1.82, 2.24) is 24.8 Å². The predicted octanol–water partition coefficient (Wildman–Crippen LogP) is 3.16. The van der Waals surface area contributed by atoms with Gasteiger partial charge in [0.1, 0.15) is 6.10 Å². The minimum Gasteiger partial charge on any atom is -0.389 e. The van der Waals surface area contributed by atoms with Crippen LogP contribution < -0.4 is 10.6 Å². The monoisotopic (exact) mass is 544 g/mol. The molecule has 9 nitrogen and oxygen atoms in total. The van der Waals surface area contributed by atoms with E-state index in [-0.39, 0.29) is 11.7 Å². The smallest absolute Gasteiger partial charge is 0.228 e. The molecule has 1 amide bonds. The quantitative estimate of drug-likeness (QED) is 0.284. The van der Waals surface area contributed by atoms with E-state index in [0.717, 1.165) is 11.1 Å². The van der Waals surface area contributed by atoms with Crippen molar-refractivity contribution in [3.63, 3.8) is 0 Å². The topological polar surface area (TPSA) is 125 Å². The van der Waals surface area contributed by atoms with E-state index in [4.69, 9.17) is 16.6 Å². The molecule has 5 rings (SSSR count). The first-order valence-corrected chi connectivity index (χ1v) is 13.0. The van der Waals surface area contributed by atoms with Crippen LogP contribution in [0.15, 0.2) is 60.9 Å². The van der Waals surface area contributed by atoms with Crippen molar-refractivity contribution in [2.45, 2.75) is 38.6 Å². The van der Waals surface area contributed by atoms with Gasteiger partial charge < -0.3 is 25.4 Å². The highest BCUT2D eigenvalue weighted by Gasteiger charge is 2.60. The van der Waals surface area contributed by atoms with Gasteiger partial charge in [0.05, 0.1) is 23.9 Å². The average Bonchev–Trinajstić information content (AvgIpc) is 3.44. The molecule has 0 radical (unpaired) electrons. The number of amides is 1. The van der Waals surface area contributed by atoms with Gasteiger partial charge in [0, 0.05) is 24.2 Å². The molecular formula is C29H29ClN6O3. The number of rotatable bonds is 5. The lowest BCUT2D eigenvalue weighted by atomic mass is 9.77. The number of fused-ring (bicyclic) bond motifs is 1. The van der Waals surface area contributed by atoms with Gasteiger partial charge in [-0.2, -0.15) is 0 Å². The lowest BCUT2D eigenvalue weighted by molar-refractivity contribution is -0.139. The number of benzene rings is 2. The predicted molar refractivity (Wildman–Crippen MR) is 149 cm³/mol. The lowest BCUT2D eigenvalue weighted by Crippen LogP contribution is -2.47. The fourth-order valence-corrected chi connectivity index (χ4v) is 5.49. The van der Waals surface area contributed by atoms with Gasteiger partial charge in [-0.15, -0.1) is 0 Å². The van der Waals surface area contributed by atoms with E-state index in [0.29, 0.717) is 28.5 Å². The zero-order valence-corrected chi connectivity index (χ0v) is 22.5. The molecule has 0 bridgehead atoms. The highest BCUT2D eigenvalue weighted by molar-refractivity contribution is 6.30. The molecule has 200 valence electrons. The normalized spacial score (nSPS) is 24.3. The molecule has 0 unspecified atom stereocenters. The fourth-order valence-electron chi connectivity index (χ4n) is 5.27. The molecule has 1 fully saturated rings. The Bertz CT molecular complexity index is 1580. The number of carbonyl (C=O) groups is 1. The number of carbonyl (C=O) groups excluding carboxylic acids is 1. The van der Waals surface area contributed by atoms with Crippen molar-refractivity contribution in [2.75, 3.05) is 12.4 Å². The maximum Gasteiger partial charge on any atom is 0.228 e. The second kappa shape index (κ2) is 10.7. The first-order valence-electron chi connectivity index (χ1n) is 12.6. The Balaban J connectivity index is 1.60. The third-order valence-electron chi connectivity index (χ3n) is 7.65. The van der Waals surface area contributed by atoms with Crippen LogP contribution in [-0.2, 0) is 11.3 Å². The van der Waals surface area contributed by atoms with Crippen molar-refractivity contribution in [2.24, 2.45) is 11.3 Å². The van der Waals surface area contributed by atoms with Crippen LogP contribution in [-0.4, -0.2) is 54.9 Å². The van der Waals surface area contributed by atoms with Gasteiger partial charge >= 0.3 is 0 Å². The lowest BCUT2D eigenvalue weighted by Gasteiger charge is -2.31. The van der Waals surface area contributed by atoms with Crippen LogP contribution in [0.2, 0.25) is 5.02 Å². The van der Waals surface area contributed by atoms with Gasteiger partial charge in [0.15, 0.2) is 17.0 Å². The summed E-state index contributed by atoms with van der Waals surface area (Å²) in [7, 11) is 1.52. The number of hydrogen-bond acceptors (Lipinski definition) is 7. The Kier molecular flexibility index (Phi) is 7.28. The maximum atomic E-state index is 12.8. The third-order valence-corrected chi connectivity index (χ3v) is 7.88. The number of aromatic nitrogens is 4. The highest BCUT2D eigenvalue weighted by atomic mass is 35.5. The van der Waals surface area contributed by atoms with E-state index in [9.17, 15) is 15.0 Å². The highest BCUT2D eigenvalue weighted by Crippen LogP contribution is 2.50. The van der Waals surface area contributed by atoms with Gasteiger partial charge in [-0.05, 0) is 48.6 Å². The zero-order valence-electron chi connectivity index (χ0n) is 21.8. The van der Waals surface area contributed by atoms with Crippen molar-refractivity contribution >= 4 is 34.5 Å². The number of nitrogens with one attached hydrogen (secondary N) is 2. The molecule has 2 aromatic carbocycles. The SMILES string of the molecule is CNC(=O)[C@@]1(C)[C@H](C)[C@@H](n2cnc3c(NCc4cccc(Cl)c4)nc(C#Cc4ccccc4)nc32)[C@H](O)[C@@H]1O. The molecule has 10 heteroatoms. The number of aliphatic hydroxyl groups is 2. The third kappa shape index (κ3) is 4.83. The number of aliphatic hydroxyl groups excluding tert-OH is 2. The summed E-state index contributed by atoms with van der Waals surface area (Å²) in [6, 6.07) is 16.3. The molecule has 1 saturated carbocycles. The van der Waals surface area contributed by atoms with Gasteiger partial charge in [0.2, 0.25) is 11.7 Å². The molecule has 0 aliphatic heterocycles. The molecule has 0 saturated heterocycles. The van der Waals surface area contributed by atoms with Gasteiger partial charge in [-0.3, -0.25) is 4.79 Å². The Morgan fingerprint density at radius 3 is 2.62 bits per heavy atom. The van der Waals surface area contributed by atoms with E-state index in [1.165, 1.54) is 7.05 Å². The first-order chi connectivity index (χ1) is 18.7. The standard InChI is InChI=1S/C29H29ClN6O3/c1-17-23(24(37)25(38)29(17,2)28(39)31-3)36-16-33-22-26(32-15-19-10-7-11-20(30)14-19)34-21(35-27(22)36)13-12-18-8-5-4-6-9-18/h4-11,14,16-17,23-25,37-38H,15H2,1-3H3,(H,31,39)(H,32,34,35)/t17-,23-,24+,25+,29+/m1/s1. The second-order valence-corrected chi connectivity index (χ2v) is 10.3. The minimum atomic E-state index is -1.28. The number of anilines is 1. The summed E-state index contributed by atoms with van der Waals surface area (Å²) in [5.41, 5.74) is 1.46. The van der Waals surface area contributed by atoms with E-state index in [1.807, 2.05) is 61.5 Å². The van der Waals surface area contributed by atoms with Crippen LogP contribution >= 0.6 is 11.6 Å². The van der Waals surface area contributed by atoms with Crippen molar-refractivity contribution < 1.29 is 15.0 Å². The van der Waals surface area contributed by atoms with Crippen LogP contribution in [0, 0.1) is 23.2 Å². The Hall–Kier alpha value is -3.97. The van der Waals surface area contributed by atoms with Gasteiger partial charge in [-0.1, -0.05) is 54.8 Å². The number of halogens is 1. The molecular weight excluding hydrogens is 516 g/mol. The van der Waals surface area contributed by atoms with E-state index in [1.54, 1.807) is 17.8 Å². The van der Waals surface area contributed by atoms with Crippen LogP contribution in [0.3, 0.4) is 0 Å². The molecule has 2 heterocycles. The minimum absolute atomic E-state index is 0.261. The maximum absolute atomic E-state index is 12.8. The largest absolute Gasteiger partial charge is 0.389 e. The first kappa shape index (κ1) is 26.6. The van der Waals surface area contributed by atoms with Crippen molar-refractivity contribution in [1.29, 1.82) is 0 Å². The van der Waals surface area contributed by atoms with E-state index < -0.39 is 29.6 Å². The Morgan fingerprint density at radius 2 is 1.90 bits per heavy atom. The van der Waals surface area contributed by atoms with E-state index >= 15 is 0 Å². The average molecular weight is 545 g/mol. The Labute approximate surface area is 231 Å². The van der Waals surface area contributed by atoms with Gasteiger partial charge in [0.25, 0.3) is 0 Å². The number of imidazole rings is 1. The summed E-state index contributed by atoms with van der Waals surface area (Å²) >= 11 is 6.16. The second-order valence-electron chi connectivity index (χ2n) is 9.90. The zero-order chi connectivity index (χ0) is 27.7. The summed E-state index contributed by atoms with van der Waals surface area (Å²) in [4.78, 5) is 26.7. The van der Waals surface area contributed by atoms with Crippen LogP contribution in [0.4, 0.5) is 5.82 Å². The molecule has 1 aliphatic rings. The molecule has 5 atom stereocenters. The molecule has 4 N–H and O–H groups in total. The summed E-state index contributed by atoms with van der Waals surface area (Å²) in [6.45, 7) is 3.93. The van der Waals surface area contributed by atoms with E-state index in [2.05, 4.69) is 32.4 Å². The molecule has 2 aromatic heterocycles. The number of hydrogen-bond donors (Lipinski definition) is 4. The summed E-state index contributed by atoms with van der Waals surface area (Å²) in [6.07, 6.45) is -0.948. The van der Waals surface area contributed by atoms with Crippen LogP contribution in [0.1, 0.15) is 36.8 Å². The molecule has 1 aliphatic carbocycles. The Morgan fingerprint density at radius 1 is 1.13 bits per heavy atom. The summed E-state index contributed by atoms with van der Waals surface area (Å²) in [5.74, 6) is 6.05. The van der Waals surface area contributed by atoms with Crippen LogP contribution in [0.25, 0.3) is 11.2 Å². The number of nitrogens with zero attached hydrogens (tertiary/aromatic N) is 4. The molecule has 4 aromatic rings. The summed E-state index contributed by atoms with van der Waals surface area (Å²) in [5, 5.41) is 28.7. The van der Waals surface area contributed by atoms with Crippen molar-refractivity contribution in [3.8, 4) is 11.8 Å². The fraction of sp³-hybridized carbons (Fsp3) is 0.310. The molecule has 39 heavy (non-hydrogen) atoms.